The van der Waals surface area contributed by atoms with Crippen LogP contribution in [0.4, 0.5) is 0 Å². The van der Waals surface area contributed by atoms with Gasteiger partial charge in [-0.15, -0.1) is 0 Å². The fourth-order valence-electron chi connectivity index (χ4n) is 7.52. The summed E-state index contributed by atoms with van der Waals surface area (Å²) in [6, 6.07) is -0.640. The van der Waals surface area contributed by atoms with E-state index in [1.54, 1.807) is 6.08 Å². The molecule has 3 N–H and O–H groups in total. The Morgan fingerprint density at radius 3 is 1.33 bits per heavy atom. The van der Waals surface area contributed by atoms with Crippen molar-refractivity contribution in [2.24, 2.45) is 0 Å². The summed E-state index contributed by atoms with van der Waals surface area (Å²) in [6.45, 7) is 4.81. The van der Waals surface area contributed by atoms with Crippen LogP contribution in [0.2, 0.25) is 0 Å². The molecule has 0 aromatic rings. The van der Waals surface area contributed by atoms with Gasteiger partial charge in [0, 0.05) is 12.8 Å². The van der Waals surface area contributed by atoms with Gasteiger partial charge in [0.2, 0.25) is 5.91 Å². The zero-order valence-electron chi connectivity index (χ0n) is 39.7. The van der Waals surface area contributed by atoms with E-state index < -0.39 is 12.1 Å². The lowest BCUT2D eigenvalue weighted by molar-refractivity contribution is -0.143. The highest BCUT2D eigenvalue weighted by atomic mass is 16.5. The highest BCUT2D eigenvalue weighted by Crippen LogP contribution is 2.14. The van der Waals surface area contributed by atoms with Crippen molar-refractivity contribution < 1.29 is 24.5 Å². The van der Waals surface area contributed by atoms with E-state index in [9.17, 15) is 19.8 Å². The molecule has 6 heteroatoms. The molecule has 0 saturated carbocycles. The van der Waals surface area contributed by atoms with Gasteiger partial charge in [-0.1, -0.05) is 210 Å². The van der Waals surface area contributed by atoms with Crippen LogP contribution in [0.1, 0.15) is 258 Å². The van der Waals surface area contributed by atoms with Crippen molar-refractivity contribution in [3.8, 4) is 0 Å². The fourth-order valence-corrected chi connectivity index (χ4v) is 7.52. The van der Waals surface area contributed by atoms with E-state index in [0.717, 1.165) is 83.5 Å². The number of amides is 1. The molecule has 0 fully saturated rings. The number of esters is 1. The maximum atomic E-state index is 12.4. The lowest BCUT2D eigenvalue weighted by Gasteiger charge is -2.20. The second kappa shape index (κ2) is 49.5. The van der Waals surface area contributed by atoms with Gasteiger partial charge in [0.1, 0.15) is 0 Å². The second-order valence-corrected chi connectivity index (χ2v) is 17.5. The van der Waals surface area contributed by atoms with E-state index in [0.29, 0.717) is 19.4 Å². The van der Waals surface area contributed by atoms with E-state index in [1.807, 2.05) is 6.08 Å². The van der Waals surface area contributed by atoms with Crippen molar-refractivity contribution in [2.75, 3.05) is 13.2 Å². The Hall–Kier alpha value is -2.18. The summed E-state index contributed by atoms with van der Waals surface area (Å²) in [5.41, 5.74) is 0. The fraction of sp³-hybridized carbons (Fsp3) is 0.815. The van der Waals surface area contributed by atoms with Crippen LogP contribution < -0.4 is 5.32 Å². The van der Waals surface area contributed by atoms with Gasteiger partial charge >= 0.3 is 5.97 Å². The van der Waals surface area contributed by atoms with Crippen molar-refractivity contribution in [3.63, 3.8) is 0 Å². The molecule has 0 heterocycles. The Bertz CT molecular complexity index is 1020. The lowest BCUT2D eigenvalue weighted by Crippen LogP contribution is -2.45. The van der Waals surface area contributed by atoms with E-state index in [-0.39, 0.29) is 18.5 Å². The van der Waals surface area contributed by atoms with Gasteiger partial charge in [0.25, 0.3) is 0 Å². The first-order valence-corrected chi connectivity index (χ1v) is 25.9. The van der Waals surface area contributed by atoms with Crippen molar-refractivity contribution in [2.45, 2.75) is 270 Å². The van der Waals surface area contributed by atoms with Crippen LogP contribution in [0, 0.1) is 0 Å². The summed E-state index contributed by atoms with van der Waals surface area (Å²) in [5, 5.41) is 23.0. The predicted octanol–water partition coefficient (Wildman–Crippen LogP) is 15.5. The number of hydrogen-bond donors (Lipinski definition) is 3. The van der Waals surface area contributed by atoms with E-state index >= 15 is 0 Å². The molecule has 2 atom stereocenters. The molecule has 0 aromatic carbocycles. The Labute approximate surface area is 372 Å². The normalized spacial score (nSPS) is 13.1. The largest absolute Gasteiger partial charge is 0.466 e. The zero-order chi connectivity index (χ0) is 43.7. The monoisotopic (exact) mass is 842 g/mol. The summed E-state index contributed by atoms with van der Waals surface area (Å²) < 4.78 is 5.44. The number of aliphatic hydroxyl groups excluding tert-OH is 2. The molecule has 0 radical (unpaired) electrons. The maximum Gasteiger partial charge on any atom is 0.305 e. The van der Waals surface area contributed by atoms with Gasteiger partial charge in [-0.25, -0.2) is 0 Å². The second-order valence-electron chi connectivity index (χ2n) is 17.5. The Kier molecular flexibility index (Phi) is 47.7. The van der Waals surface area contributed by atoms with Gasteiger partial charge in [-0.3, -0.25) is 9.59 Å². The van der Waals surface area contributed by atoms with Crippen molar-refractivity contribution in [3.05, 3.63) is 48.6 Å². The average molecular weight is 842 g/mol. The van der Waals surface area contributed by atoms with Crippen molar-refractivity contribution >= 4 is 11.9 Å². The number of hydrogen-bond acceptors (Lipinski definition) is 5. The van der Waals surface area contributed by atoms with E-state index in [4.69, 9.17) is 4.74 Å². The number of carbonyl (C=O) groups excluding carboxylic acids is 2. The van der Waals surface area contributed by atoms with Crippen LogP contribution in [-0.4, -0.2) is 47.4 Å². The number of carbonyl (C=O) groups is 2. The predicted molar refractivity (Wildman–Crippen MR) is 259 cm³/mol. The molecule has 1 amide bonds. The summed E-state index contributed by atoms with van der Waals surface area (Å²) in [6.07, 6.45) is 61.1. The number of rotatable bonds is 47. The maximum absolute atomic E-state index is 12.4. The van der Waals surface area contributed by atoms with Crippen LogP contribution >= 0.6 is 0 Å². The summed E-state index contributed by atoms with van der Waals surface area (Å²) in [4.78, 5) is 24.4. The van der Waals surface area contributed by atoms with Gasteiger partial charge in [0.15, 0.2) is 0 Å². The quantitative estimate of drug-likeness (QED) is 0.0322. The third-order valence-corrected chi connectivity index (χ3v) is 11.6. The summed E-state index contributed by atoms with van der Waals surface area (Å²) in [7, 11) is 0. The van der Waals surface area contributed by atoms with E-state index in [1.165, 1.54) is 148 Å². The van der Waals surface area contributed by atoms with Crippen LogP contribution in [0.5, 0.6) is 0 Å². The molecular weight excluding hydrogens is 743 g/mol. The minimum Gasteiger partial charge on any atom is -0.466 e. The average Bonchev–Trinajstić information content (AvgIpc) is 3.25. The topological polar surface area (TPSA) is 95.9 Å². The number of nitrogens with one attached hydrogen (secondary N) is 1. The Morgan fingerprint density at radius 2 is 0.850 bits per heavy atom. The van der Waals surface area contributed by atoms with Crippen LogP contribution in [0.25, 0.3) is 0 Å². The van der Waals surface area contributed by atoms with Crippen molar-refractivity contribution in [1.29, 1.82) is 0 Å². The molecule has 0 aliphatic heterocycles. The van der Waals surface area contributed by atoms with Gasteiger partial charge in [-0.05, 0) is 83.5 Å². The highest BCUT2D eigenvalue weighted by Gasteiger charge is 2.18. The molecule has 0 bridgehead atoms. The first kappa shape index (κ1) is 57.8. The lowest BCUT2D eigenvalue weighted by atomic mass is 10.0. The van der Waals surface area contributed by atoms with Gasteiger partial charge < -0.3 is 20.3 Å². The Balaban J connectivity index is 3.53. The molecule has 0 aliphatic rings. The first-order valence-electron chi connectivity index (χ1n) is 25.9. The molecule has 0 aromatic heterocycles. The molecule has 350 valence electrons. The third-order valence-electron chi connectivity index (χ3n) is 11.6. The molecule has 0 aliphatic carbocycles. The SMILES string of the molecule is CCCC/C=C\C/C=C\CCCCCCCC(=O)OCCCCCC/C=C\CCCCCCCCCC(=O)NC(CO)C(O)/C=C/CCCCCCCCCCCCCC. The molecular formula is C54H99NO5. The van der Waals surface area contributed by atoms with Crippen molar-refractivity contribution in [1.82, 2.24) is 5.32 Å². The molecule has 60 heavy (non-hydrogen) atoms. The molecule has 2 unspecified atom stereocenters. The smallest absolute Gasteiger partial charge is 0.305 e. The highest BCUT2D eigenvalue weighted by molar-refractivity contribution is 5.76. The summed E-state index contributed by atoms with van der Waals surface area (Å²) >= 11 is 0. The number of ether oxygens (including phenoxy) is 1. The molecule has 0 saturated heterocycles. The molecule has 6 nitrogen and oxygen atoms in total. The van der Waals surface area contributed by atoms with Crippen LogP contribution in [0.15, 0.2) is 48.6 Å². The zero-order valence-corrected chi connectivity index (χ0v) is 39.7. The van der Waals surface area contributed by atoms with Gasteiger partial charge in [0.05, 0.1) is 25.4 Å². The van der Waals surface area contributed by atoms with Gasteiger partial charge in [-0.2, -0.15) is 0 Å². The first-order chi connectivity index (χ1) is 29.5. The number of aliphatic hydroxyl groups is 2. The third kappa shape index (κ3) is 45.3. The number of allylic oxidation sites excluding steroid dienone is 7. The van der Waals surface area contributed by atoms with Crippen LogP contribution in [-0.2, 0) is 14.3 Å². The number of unbranched alkanes of at least 4 members (excludes halogenated alkanes) is 30. The molecule has 0 rings (SSSR count). The van der Waals surface area contributed by atoms with Crippen LogP contribution in [0.3, 0.4) is 0 Å². The van der Waals surface area contributed by atoms with E-state index in [2.05, 4.69) is 55.6 Å². The minimum atomic E-state index is -0.855. The minimum absolute atomic E-state index is 0.0268. The standard InChI is InChI=1S/C54H99NO5/c1-3-5-7-9-11-13-15-17-22-26-30-34-38-42-46-52(57)51(50-56)55-53(58)47-43-39-35-31-27-23-20-19-21-25-29-33-37-41-45-49-60-54(59)48-44-40-36-32-28-24-18-16-14-12-10-8-6-4-2/h10,12,16,18,21,25,42,46,51-52,56-57H,3-9,11,13-15,17,19-20,22-24,26-41,43-45,47-50H2,1-2H3,(H,55,58)/b12-10-,18-16-,25-21-,46-42+. The molecule has 0 spiro atoms. The Morgan fingerprint density at radius 1 is 0.467 bits per heavy atom. The summed E-state index contributed by atoms with van der Waals surface area (Å²) in [5.74, 6) is -0.112.